The van der Waals surface area contributed by atoms with Gasteiger partial charge in [0.1, 0.15) is 0 Å². The Morgan fingerprint density at radius 1 is 0.955 bits per heavy atom. The number of hydrogen-bond acceptors (Lipinski definition) is 2. The van der Waals surface area contributed by atoms with E-state index in [1.165, 1.54) is 44.6 Å². The molecular formula is C18H27NO3. The van der Waals surface area contributed by atoms with Crippen molar-refractivity contribution in [1.82, 2.24) is 0 Å². The number of unbranched alkanes of at least 4 members (excludes halogenated alkanes) is 7. The first-order valence-electron chi connectivity index (χ1n) is 8.27. The molecule has 1 aromatic rings. The van der Waals surface area contributed by atoms with Gasteiger partial charge in [0.15, 0.2) is 0 Å². The number of benzene rings is 1. The Morgan fingerprint density at radius 2 is 1.55 bits per heavy atom. The third-order valence-corrected chi connectivity index (χ3v) is 3.69. The molecule has 1 rings (SSSR count). The lowest BCUT2D eigenvalue weighted by molar-refractivity contribution is -0.116. The van der Waals surface area contributed by atoms with Crippen LogP contribution in [0.25, 0.3) is 0 Å². The number of amides is 1. The third-order valence-electron chi connectivity index (χ3n) is 3.69. The van der Waals surface area contributed by atoms with Crippen molar-refractivity contribution in [2.75, 3.05) is 5.32 Å². The Balaban J connectivity index is 2.20. The standard InChI is InChI=1S/C18H27NO3/c1-2-3-4-5-6-7-8-9-14-17(20)19-16-13-11-10-12-15(16)18(21)22/h10-13H,2-9,14H2,1H3,(H,19,20)(H,21,22). The molecule has 22 heavy (non-hydrogen) atoms. The summed E-state index contributed by atoms with van der Waals surface area (Å²) in [4.78, 5) is 22.9. The number of carboxylic acid groups (broad SMARTS) is 1. The number of nitrogens with one attached hydrogen (secondary N) is 1. The highest BCUT2D eigenvalue weighted by molar-refractivity contribution is 6.00. The number of aromatic carboxylic acids is 1. The van der Waals surface area contributed by atoms with Crippen molar-refractivity contribution in [1.29, 1.82) is 0 Å². The van der Waals surface area contributed by atoms with Gasteiger partial charge in [0.05, 0.1) is 11.3 Å². The molecule has 0 atom stereocenters. The predicted molar refractivity (Wildman–Crippen MR) is 89.3 cm³/mol. The fourth-order valence-corrected chi connectivity index (χ4v) is 2.41. The predicted octanol–water partition coefficient (Wildman–Crippen LogP) is 4.85. The van der Waals surface area contributed by atoms with Crippen molar-refractivity contribution in [3.05, 3.63) is 29.8 Å². The normalized spacial score (nSPS) is 10.4. The number of hydrogen-bond donors (Lipinski definition) is 2. The maximum atomic E-state index is 11.9. The summed E-state index contributed by atoms with van der Waals surface area (Å²) in [6.07, 6.45) is 9.93. The molecule has 4 heteroatoms. The highest BCUT2D eigenvalue weighted by atomic mass is 16.4. The Kier molecular flexibility index (Phi) is 8.96. The van der Waals surface area contributed by atoms with Crippen LogP contribution in [-0.2, 0) is 4.79 Å². The minimum absolute atomic E-state index is 0.111. The molecule has 0 spiro atoms. The van der Waals surface area contributed by atoms with Crippen LogP contribution in [0, 0.1) is 0 Å². The molecule has 0 bridgehead atoms. The molecule has 0 aliphatic heterocycles. The molecular weight excluding hydrogens is 278 g/mol. The van der Waals surface area contributed by atoms with Crippen molar-refractivity contribution in [3.8, 4) is 0 Å². The second-order valence-electron chi connectivity index (χ2n) is 5.62. The highest BCUT2D eigenvalue weighted by Crippen LogP contribution is 2.16. The first-order chi connectivity index (χ1) is 10.6. The van der Waals surface area contributed by atoms with E-state index in [0.29, 0.717) is 12.1 Å². The maximum absolute atomic E-state index is 11.9. The molecule has 1 amide bonds. The van der Waals surface area contributed by atoms with Crippen molar-refractivity contribution in [2.45, 2.75) is 64.7 Å². The quantitative estimate of drug-likeness (QED) is 0.574. The largest absolute Gasteiger partial charge is 0.478 e. The van der Waals surface area contributed by atoms with Gasteiger partial charge < -0.3 is 10.4 Å². The van der Waals surface area contributed by atoms with Gasteiger partial charge in [-0.25, -0.2) is 4.79 Å². The van der Waals surface area contributed by atoms with E-state index < -0.39 is 5.97 Å². The van der Waals surface area contributed by atoms with Crippen LogP contribution in [0.2, 0.25) is 0 Å². The van der Waals surface area contributed by atoms with Gasteiger partial charge in [0, 0.05) is 6.42 Å². The fraction of sp³-hybridized carbons (Fsp3) is 0.556. The Morgan fingerprint density at radius 3 is 2.18 bits per heavy atom. The minimum Gasteiger partial charge on any atom is -0.478 e. The zero-order chi connectivity index (χ0) is 16.2. The van der Waals surface area contributed by atoms with Crippen LogP contribution in [0.1, 0.15) is 75.1 Å². The average Bonchev–Trinajstić information content (AvgIpc) is 2.50. The third kappa shape index (κ3) is 7.25. The van der Waals surface area contributed by atoms with E-state index in [0.717, 1.165) is 12.8 Å². The molecule has 0 fully saturated rings. The van der Waals surface area contributed by atoms with Crippen LogP contribution in [0.5, 0.6) is 0 Å². The van der Waals surface area contributed by atoms with Crippen LogP contribution in [-0.4, -0.2) is 17.0 Å². The Labute approximate surface area is 132 Å². The average molecular weight is 305 g/mol. The summed E-state index contributed by atoms with van der Waals surface area (Å²) in [5.41, 5.74) is 0.506. The maximum Gasteiger partial charge on any atom is 0.337 e. The van der Waals surface area contributed by atoms with Gasteiger partial charge in [0.25, 0.3) is 0 Å². The molecule has 0 saturated carbocycles. The summed E-state index contributed by atoms with van der Waals surface area (Å²) in [5, 5.41) is 11.8. The molecule has 4 nitrogen and oxygen atoms in total. The van der Waals surface area contributed by atoms with Crippen molar-refractivity contribution in [3.63, 3.8) is 0 Å². The number of anilines is 1. The molecule has 0 unspecified atom stereocenters. The zero-order valence-corrected chi connectivity index (χ0v) is 13.4. The lowest BCUT2D eigenvalue weighted by Gasteiger charge is -2.08. The monoisotopic (exact) mass is 305 g/mol. The van der Waals surface area contributed by atoms with Crippen LogP contribution in [0.4, 0.5) is 5.69 Å². The zero-order valence-electron chi connectivity index (χ0n) is 13.4. The summed E-state index contributed by atoms with van der Waals surface area (Å²) in [7, 11) is 0. The summed E-state index contributed by atoms with van der Waals surface area (Å²) >= 11 is 0. The second-order valence-corrected chi connectivity index (χ2v) is 5.62. The number of rotatable bonds is 11. The van der Waals surface area contributed by atoms with Gasteiger partial charge in [-0.15, -0.1) is 0 Å². The molecule has 2 N–H and O–H groups in total. The molecule has 1 aromatic carbocycles. The number of carboxylic acids is 1. The van der Waals surface area contributed by atoms with Crippen LogP contribution in [0.15, 0.2) is 24.3 Å². The van der Waals surface area contributed by atoms with Gasteiger partial charge >= 0.3 is 5.97 Å². The molecule has 0 aliphatic rings. The van der Waals surface area contributed by atoms with Gasteiger partial charge in [-0.05, 0) is 18.6 Å². The van der Waals surface area contributed by atoms with E-state index in [2.05, 4.69) is 12.2 Å². The first kappa shape index (κ1) is 18.2. The van der Waals surface area contributed by atoms with E-state index in [1.807, 2.05) is 0 Å². The molecule has 0 heterocycles. The second kappa shape index (κ2) is 10.8. The molecule has 0 aliphatic carbocycles. The van der Waals surface area contributed by atoms with Crippen LogP contribution in [0.3, 0.4) is 0 Å². The molecule has 122 valence electrons. The molecule has 0 radical (unpaired) electrons. The van der Waals surface area contributed by atoms with Gasteiger partial charge in [-0.1, -0.05) is 64.0 Å². The SMILES string of the molecule is CCCCCCCCCCC(=O)Nc1ccccc1C(=O)O. The molecule has 0 saturated heterocycles. The van der Waals surface area contributed by atoms with Crippen LogP contribution >= 0.6 is 0 Å². The van der Waals surface area contributed by atoms with Crippen molar-refractivity contribution < 1.29 is 14.7 Å². The van der Waals surface area contributed by atoms with E-state index in [4.69, 9.17) is 5.11 Å². The summed E-state index contributed by atoms with van der Waals surface area (Å²) in [5.74, 6) is -1.14. The molecule has 0 aromatic heterocycles. The topological polar surface area (TPSA) is 66.4 Å². The van der Waals surface area contributed by atoms with E-state index in [-0.39, 0.29) is 11.5 Å². The summed E-state index contributed by atoms with van der Waals surface area (Å²) in [6.45, 7) is 2.21. The van der Waals surface area contributed by atoms with E-state index in [1.54, 1.807) is 18.2 Å². The van der Waals surface area contributed by atoms with Crippen LogP contribution < -0.4 is 5.32 Å². The van der Waals surface area contributed by atoms with E-state index >= 15 is 0 Å². The fourth-order valence-electron chi connectivity index (χ4n) is 2.41. The van der Waals surface area contributed by atoms with Crippen molar-refractivity contribution in [2.24, 2.45) is 0 Å². The van der Waals surface area contributed by atoms with Crippen molar-refractivity contribution >= 4 is 17.6 Å². The minimum atomic E-state index is -1.03. The van der Waals surface area contributed by atoms with Gasteiger partial charge in [-0.3, -0.25) is 4.79 Å². The van der Waals surface area contributed by atoms with Gasteiger partial charge in [-0.2, -0.15) is 0 Å². The Bertz CT molecular complexity index is 471. The van der Waals surface area contributed by atoms with E-state index in [9.17, 15) is 9.59 Å². The van der Waals surface area contributed by atoms with Gasteiger partial charge in [0.2, 0.25) is 5.91 Å². The highest BCUT2D eigenvalue weighted by Gasteiger charge is 2.11. The summed E-state index contributed by atoms with van der Waals surface area (Å²) in [6, 6.07) is 6.49. The number of carbonyl (C=O) groups is 2. The summed E-state index contributed by atoms with van der Waals surface area (Å²) < 4.78 is 0. The number of carbonyl (C=O) groups excluding carboxylic acids is 1. The lowest BCUT2D eigenvalue weighted by Crippen LogP contribution is -2.14. The number of para-hydroxylation sites is 1. The first-order valence-corrected chi connectivity index (χ1v) is 8.27. The smallest absolute Gasteiger partial charge is 0.337 e. The lowest BCUT2D eigenvalue weighted by atomic mass is 10.1. The Hall–Kier alpha value is -1.84.